The van der Waals surface area contributed by atoms with Crippen LogP contribution in [0.4, 0.5) is 0 Å². The molecular formula is C13H18BrN3O. The number of hydrogen-bond acceptors (Lipinski definition) is 3. The average Bonchev–Trinajstić information content (AvgIpc) is 2.64. The second-order valence-corrected chi connectivity index (χ2v) is 5.63. The average molecular weight is 312 g/mol. The molecular weight excluding hydrogens is 294 g/mol. The maximum atomic E-state index is 12.3. The van der Waals surface area contributed by atoms with E-state index >= 15 is 0 Å². The van der Waals surface area contributed by atoms with E-state index in [0.29, 0.717) is 0 Å². The Hall–Kier alpha value is -0.910. The molecule has 3 N–H and O–H groups in total. The monoisotopic (exact) mass is 311 g/mol. The molecule has 0 aliphatic carbocycles. The zero-order valence-electron chi connectivity index (χ0n) is 10.8. The molecule has 1 aromatic carbocycles. The highest BCUT2D eigenvalue weighted by Gasteiger charge is 2.31. The Kier molecular flexibility index (Phi) is 4.04. The van der Waals surface area contributed by atoms with Crippen LogP contribution in [0.2, 0.25) is 0 Å². The Morgan fingerprint density at radius 2 is 1.89 bits per heavy atom. The Balaban J connectivity index is 2.15. The van der Waals surface area contributed by atoms with Gasteiger partial charge in [0, 0.05) is 22.1 Å². The summed E-state index contributed by atoms with van der Waals surface area (Å²) in [5.74, 6) is -0.0250. The van der Waals surface area contributed by atoms with Crippen molar-refractivity contribution in [2.75, 3.05) is 0 Å². The lowest BCUT2D eigenvalue weighted by atomic mass is 10.0. The minimum absolute atomic E-state index is 0.0250. The molecule has 1 amide bonds. The summed E-state index contributed by atoms with van der Waals surface area (Å²) in [5.41, 5.74) is 7.94. The van der Waals surface area contributed by atoms with Gasteiger partial charge in [0.1, 0.15) is 0 Å². The predicted molar refractivity (Wildman–Crippen MR) is 75.3 cm³/mol. The molecule has 0 radical (unpaired) electrons. The van der Waals surface area contributed by atoms with E-state index in [2.05, 4.69) is 45.9 Å². The number of nitrogens with one attached hydrogen (secondary N) is 3. The highest BCUT2D eigenvalue weighted by Crippen LogP contribution is 2.19. The van der Waals surface area contributed by atoms with Gasteiger partial charge in [0.2, 0.25) is 0 Å². The maximum absolute atomic E-state index is 12.3. The van der Waals surface area contributed by atoms with Gasteiger partial charge in [-0.15, -0.1) is 0 Å². The zero-order valence-corrected chi connectivity index (χ0v) is 12.3. The molecule has 1 aromatic rings. The third-order valence-corrected chi connectivity index (χ3v) is 4.29. The number of rotatable bonds is 2. The lowest BCUT2D eigenvalue weighted by molar-refractivity contribution is 0.0931. The van der Waals surface area contributed by atoms with Crippen molar-refractivity contribution in [2.45, 2.75) is 38.9 Å². The molecule has 1 saturated heterocycles. The van der Waals surface area contributed by atoms with E-state index in [1.165, 1.54) is 0 Å². The molecule has 1 aliphatic heterocycles. The highest BCUT2D eigenvalue weighted by atomic mass is 79.9. The van der Waals surface area contributed by atoms with Gasteiger partial charge in [0.25, 0.3) is 5.91 Å². The molecule has 0 bridgehead atoms. The summed E-state index contributed by atoms with van der Waals surface area (Å²) >= 11 is 3.45. The first-order chi connectivity index (χ1) is 8.50. The SMILES string of the molecule is Cc1c(Br)cccc1C(=O)NC1C(C)NNC1C. The third-order valence-electron chi connectivity index (χ3n) is 3.43. The molecule has 0 aromatic heterocycles. The van der Waals surface area contributed by atoms with Gasteiger partial charge in [-0.1, -0.05) is 22.0 Å². The zero-order chi connectivity index (χ0) is 13.3. The molecule has 2 unspecified atom stereocenters. The number of benzene rings is 1. The van der Waals surface area contributed by atoms with Crippen LogP contribution in [0.1, 0.15) is 29.8 Å². The summed E-state index contributed by atoms with van der Waals surface area (Å²) in [4.78, 5) is 12.3. The van der Waals surface area contributed by atoms with Gasteiger partial charge in [-0.25, -0.2) is 0 Å². The van der Waals surface area contributed by atoms with Crippen LogP contribution in [0, 0.1) is 6.92 Å². The second kappa shape index (κ2) is 5.38. The largest absolute Gasteiger partial charge is 0.346 e. The standard InChI is InChI=1S/C13H18BrN3O/c1-7-10(5-4-6-11(7)14)13(18)15-12-8(2)16-17-9(12)3/h4-6,8-9,12,16-17H,1-3H3,(H,15,18). The summed E-state index contributed by atoms with van der Waals surface area (Å²) in [7, 11) is 0. The molecule has 1 heterocycles. The smallest absolute Gasteiger partial charge is 0.251 e. The van der Waals surface area contributed by atoms with Crippen LogP contribution < -0.4 is 16.2 Å². The minimum Gasteiger partial charge on any atom is -0.346 e. The van der Waals surface area contributed by atoms with Crippen LogP contribution in [0.3, 0.4) is 0 Å². The van der Waals surface area contributed by atoms with Crippen LogP contribution in [0.5, 0.6) is 0 Å². The van der Waals surface area contributed by atoms with E-state index in [0.717, 1.165) is 15.6 Å². The Morgan fingerprint density at radius 3 is 2.50 bits per heavy atom. The molecule has 2 rings (SSSR count). The fraction of sp³-hybridized carbons (Fsp3) is 0.462. The van der Waals surface area contributed by atoms with Crippen LogP contribution in [-0.4, -0.2) is 24.0 Å². The molecule has 1 aliphatic rings. The van der Waals surface area contributed by atoms with Gasteiger partial charge in [-0.05, 0) is 38.5 Å². The fourth-order valence-electron chi connectivity index (χ4n) is 2.21. The Bertz CT molecular complexity index is 454. The molecule has 2 atom stereocenters. The van der Waals surface area contributed by atoms with Gasteiger partial charge in [0.15, 0.2) is 0 Å². The lowest BCUT2D eigenvalue weighted by Gasteiger charge is -2.20. The Labute approximate surface area is 116 Å². The maximum Gasteiger partial charge on any atom is 0.251 e. The number of hydrazine groups is 1. The van der Waals surface area contributed by atoms with Crippen molar-refractivity contribution in [1.29, 1.82) is 0 Å². The summed E-state index contributed by atoms with van der Waals surface area (Å²) in [5, 5.41) is 3.08. The normalized spacial score (nSPS) is 27.2. The van der Waals surface area contributed by atoms with E-state index in [9.17, 15) is 4.79 Å². The topological polar surface area (TPSA) is 53.2 Å². The Morgan fingerprint density at radius 1 is 1.28 bits per heavy atom. The number of carbonyl (C=O) groups is 1. The first-order valence-corrected chi connectivity index (χ1v) is 6.87. The molecule has 0 saturated carbocycles. The number of hydrogen-bond donors (Lipinski definition) is 3. The van der Waals surface area contributed by atoms with Crippen molar-refractivity contribution >= 4 is 21.8 Å². The predicted octanol–water partition coefficient (Wildman–Crippen LogP) is 1.74. The van der Waals surface area contributed by atoms with E-state index in [-0.39, 0.29) is 24.0 Å². The van der Waals surface area contributed by atoms with Crippen molar-refractivity contribution in [3.05, 3.63) is 33.8 Å². The first kappa shape index (κ1) is 13.5. The quantitative estimate of drug-likeness (QED) is 0.780. The first-order valence-electron chi connectivity index (χ1n) is 6.07. The van der Waals surface area contributed by atoms with Crippen molar-refractivity contribution in [3.8, 4) is 0 Å². The van der Waals surface area contributed by atoms with Crippen LogP contribution in [-0.2, 0) is 0 Å². The van der Waals surface area contributed by atoms with E-state index in [4.69, 9.17) is 0 Å². The van der Waals surface area contributed by atoms with Crippen LogP contribution in [0.15, 0.2) is 22.7 Å². The molecule has 0 spiro atoms. The van der Waals surface area contributed by atoms with Crippen molar-refractivity contribution in [1.82, 2.24) is 16.2 Å². The van der Waals surface area contributed by atoms with Gasteiger partial charge >= 0.3 is 0 Å². The van der Waals surface area contributed by atoms with E-state index in [1.807, 2.05) is 25.1 Å². The number of halogens is 1. The molecule has 1 fully saturated rings. The van der Waals surface area contributed by atoms with Gasteiger partial charge in [0.05, 0.1) is 6.04 Å². The van der Waals surface area contributed by atoms with E-state index in [1.54, 1.807) is 0 Å². The number of amides is 1. The fourth-order valence-corrected chi connectivity index (χ4v) is 2.57. The van der Waals surface area contributed by atoms with Crippen molar-refractivity contribution in [3.63, 3.8) is 0 Å². The second-order valence-electron chi connectivity index (χ2n) is 4.78. The van der Waals surface area contributed by atoms with Gasteiger partial charge in [-0.3, -0.25) is 15.6 Å². The lowest BCUT2D eigenvalue weighted by Crippen LogP contribution is -2.46. The van der Waals surface area contributed by atoms with Crippen LogP contribution in [0.25, 0.3) is 0 Å². The van der Waals surface area contributed by atoms with Crippen LogP contribution >= 0.6 is 15.9 Å². The van der Waals surface area contributed by atoms with Gasteiger partial charge in [-0.2, -0.15) is 0 Å². The summed E-state index contributed by atoms with van der Waals surface area (Å²) in [6, 6.07) is 6.20. The molecule has 5 heteroatoms. The van der Waals surface area contributed by atoms with Crippen molar-refractivity contribution < 1.29 is 4.79 Å². The van der Waals surface area contributed by atoms with Crippen molar-refractivity contribution in [2.24, 2.45) is 0 Å². The minimum atomic E-state index is -0.0250. The van der Waals surface area contributed by atoms with Gasteiger partial charge < -0.3 is 5.32 Å². The third kappa shape index (κ3) is 2.58. The summed E-state index contributed by atoms with van der Waals surface area (Å²) < 4.78 is 0.957. The highest BCUT2D eigenvalue weighted by molar-refractivity contribution is 9.10. The molecule has 4 nitrogen and oxygen atoms in total. The number of carbonyl (C=O) groups excluding carboxylic acids is 1. The van der Waals surface area contributed by atoms with E-state index < -0.39 is 0 Å². The summed E-state index contributed by atoms with van der Waals surface area (Å²) in [6.07, 6.45) is 0. The summed E-state index contributed by atoms with van der Waals surface area (Å²) in [6.45, 7) is 6.04. The molecule has 18 heavy (non-hydrogen) atoms. The molecule has 98 valence electrons.